The van der Waals surface area contributed by atoms with E-state index in [0.29, 0.717) is 31.1 Å². The normalized spacial score (nSPS) is 16.0. The number of fused-ring (bicyclic) bond motifs is 2. The summed E-state index contributed by atoms with van der Waals surface area (Å²) in [6.45, 7) is 2.59. The van der Waals surface area contributed by atoms with Crippen molar-refractivity contribution in [2.24, 2.45) is 0 Å². The standard InChI is InChI=1S/C20H20N2O4/c1-2-24-20(23)17-7-5-15-4-6-16(11-18(15)26-17)25-13-14-3-8-19-21-9-10-22(19)12-14/h3-4,6,8-12,17H,2,5,7,13H2,1H3/t17-/m1/s1. The number of esters is 1. The van der Waals surface area contributed by atoms with Crippen LogP contribution in [-0.2, 0) is 22.6 Å². The number of imidazole rings is 1. The van der Waals surface area contributed by atoms with Crippen LogP contribution in [0.5, 0.6) is 11.5 Å². The maximum Gasteiger partial charge on any atom is 0.347 e. The summed E-state index contributed by atoms with van der Waals surface area (Å²) < 4.78 is 18.7. The molecular weight excluding hydrogens is 332 g/mol. The minimum absolute atomic E-state index is 0.307. The van der Waals surface area contributed by atoms with Crippen LogP contribution in [0.25, 0.3) is 5.65 Å². The molecule has 6 heteroatoms. The maximum atomic E-state index is 11.9. The molecule has 0 fully saturated rings. The van der Waals surface area contributed by atoms with Gasteiger partial charge in [-0.3, -0.25) is 0 Å². The van der Waals surface area contributed by atoms with E-state index in [-0.39, 0.29) is 5.97 Å². The molecule has 0 radical (unpaired) electrons. The van der Waals surface area contributed by atoms with E-state index in [9.17, 15) is 4.79 Å². The molecule has 0 bridgehead atoms. The van der Waals surface area contributed by atoms with Crippen LogP contribution in [0.4, 0.5) is 0 Å². The third-order valence-electron chi connectivity index (χ3n) is 4.39. The fourth-order valence-electron chi connectivity index (χ4n) is 3.06. The Morgan fingerprint density at radius 2 is 2.27 bits per heavy atom. The molecule has 0 unspecified atom stereocenters. The highest BCUT2D eigenvalue weighted by Crippen LogP contribution is 2.32. The fraction of sp³-hybridized carbons (Fsp3) is 0.300. The molecule has 0 aliphatic carbocycles. The number of aryl methyl sites for hydroxylation is 1. The van der Waals surface area contributed by atoms with E-state index in [1.165, 1.54) is 0 Å². The Kier molecular flexibility index (Phi) is 4.48. The lowest BCUT2D eigenvalue weighted by molar-refractivity contribution is -0.152. The second kappa shape index (κ2) is 7.07. The minimum atomic E-state index is -0.540. The summed E-state index contributed by atoms with van der Waals surface area (Å²) >= 11 is 0. The predicted molar refractivity (Wildman–Crippen MR) is 95.3 cm³/mol. The largest absolute Gasteiger partial charge is 0.489 e. The molecule has 0 amide bonds. The molecule has 6 nitrogen and oxygen atoms in total. The first kappa shape index (κ1) is 16.4. The summed E-state index contributed by atoms with van der Waals surface area (Å²) in [6, 6.07) is 9.72. The van der Waals surface area contributed by atoms with Gasteiger partial charge in [0.25, 0.3) is 0 Å². The quantitative estimate of drug-likeness (QED) is 0.660. The number of hydrogen-bond donors (Lipinski definition) is 0. The highest BCUT2D eigenvalue weighted by Gasteiger charge is 2.27. The van der Waals surface area contributed by atoms with E-state index in [1.54, 1.807) is 13.1 Å². The number of hydrogen-bond acceptors (Lipinski definition) is 5. The van der Waals surface area contributed by atoms with Gasteiger partial charge in [-0.2, -0.15) is 0 Å². The van der Waals surface area contributed by atoms with E-state index < -0.39 is 6.10 Å². The Bertz CT molecular complexity index is 934. The third-order valence-corrected chi connectivity index (χ3v) is 4.39. The van der Waals surface area contributed by atoms with Crippen LogP contribution in [0, 0.1) is 0 Å². The highest BCUT2D eigenvalue weighted by atomic mass is 16.6. The average molecular weight is 352 g/mol. The van der Waals surface area contributed by atoms with Crippen molar-refractivity contribution in [1.82, 2.24) is 9.38 Å². The lowest BCUT2D eigenvalue weighted by Crippen LogP contribution is -2.32. The molecule has 1 aromatic carbocycles. The number of ether oxygens (including phenoxy) is 3. The Morgan fingerprint density at radius 1 is 1.35 bits per heavy atom. The zero-order chi connectivity index (χ0) is 17.9. The van der Waals surface area contributed by atoms with Gasteiger partial charge in [0.05, 0.1) is 6.61 Å². The molecule has 1 aliphatic heterocycles. The van der Waals surface area contributed by atoms with Crippen LogP contribution in [0.15, 0.2) is 48.9 Å². The van der Waals surface area contributed by atoms with Gasteiger partial charge >= 0.3 is 5.97 Å². The number of carbonyl (C=O) groups is 1. The van der Waals surface area contributed by atoms with Crippen LogP contribution in [0.1, 0.15) is 24.5 Å². The van der Waals surface area contributed by atoms with Crippen LogP contribution in [0.3, 0.4) is 0 Å². The summed E-state index contributed by atoms with van der Waals surface area (Å²) in [6.07, 6.45) is 6.55. The summed E-state index contributed by atoms with van der Waals surface area (Å²) in [5.41, 5.74) is 3.03. The molecule has 4 rings (SSSR count). The molecule has 0 saturated heterocycles. The second-order valence-electron chi connectivity index (χ2n) is 6.19. The zero-order valence-corrected chi connectivity index (χ0v) is 14.6. The van der Waals surface area contributed by atoms with Gasteiger partial charge in [-0.25, -0.2) is 9.78 Å². The number of rotatable bonds is 5. The molecule has 3 heterocycles. The number of pyridine rings is 1. The van der Waals surface area contributed by atoms with Crippen molar-refractivity contribution < 1.29 is 19.0 Å². The van der Waals surface area contributed by atoms with Crippen molar-refractivity contribution in [2.45, 2.75) is 32.5 Å². The molecule has 134 valence electrons. The molecule has 3 aromatic rings. The van der Waals surface area contributed by atoms with Crippen LogP contribution in [-0.4, -0.2) is 28.1 Å². The Labute approximate surface area is 151 Å². The Balaban J connectivity index is 1.45. The van der Waals surface area contributed by atoms with Gasteiger partial charge in [0.1, 0.15) is 23.8 Å². The summed E-state index contributed by atoms with van der Waals surface area (Å²) in [5, 5.41) is 0. The first-order chi connectivity index (χ1) is 12.7. The topological polar surface area (TPSA) is 62.1 Å². The van der Waals surface area contributed by atoms with E-state index in [0.717, 1.165) is 23.2 Å². The van der Waals surface area contributed by atoms with E-state index in [4.69, 9.17) is 14.2 Å². The second-order valence-corrected chi connectivity index (χ2v) is 6.19. The van der Waals surface area contributed by atoms with Gasteiger partial charge in [0.15, 0.2) is 6.10 Å². The van der Waals surface area contributed by atoms with Gasteiger partial charge in [-0.05, 0) is 37.5 Å². The van der Waals surface area contributed by atoms with Crippen LogP contribution < -0.4 is 9.47 Å². The van der Waals surface area contributed by atoms with Gasteiger partial charge < -0.3 is 18.6 Å². The lowest BCUT2D eigenvalue weighted by atomic mass is 10.0. The molecule has 0 N–H and O–H groups in total. The molecule has 1 atom stereocenters. The third kappa shape index (κ3) is 3.35. The van der Waals surface area contributed by atoms with Crippen molar-refractivity contribution in [3.8, 4) is 11.5 Å². The number of nitrogens with zero attached hydrogens (tertiary/aromatic N) is 2. The zero-order valence-electron chi connectivity index (χ0n) is 14.6. The molecule has 0 spiro atoms. The first-order valence-corrected chi connectivity index (χ1v) is 8.73. The Hall–Kier alpha value is -3.02. The van der Waals surface area contributed by atoms with Crippen molar-refractivity contribution in [3.63, 3.8) is 0 Å². The molecule has 1 aliphatic rings. The summed E-state index contributed by atoms with van der Waals surface area (Å²) in [4.78, 5) is 16.1. The van der Waals surface area contributed by atoms with Gasteiger partial charge in [0, 0.05) is 30.2 Å². The summed E-state index contributed by atoms with van der Waals surface area (Å²) in [7, 11) is 0. The van der Waals surface area contributed by atoms with Gasteiger partial charge in [-0.1, -0.05) is 12.1 Å². The summed E-state index contributed by atoms with van der Waals surface area (Å²) in [5.74, 6) is 1.09. The van der Waals surface area contributed by atoms with E-state index in [1.807, 2.05) is 47.1 Å². The monoisotopic (exact) mass is 352 g/mol. The van der Waals surface area contributed by atoms with Gasteiger partial charge in [0.2, 0.25) is 0 Å². The van der Waals surface area contributed by atoms with E-state index in [2.05, 4.69) is 4.98 Å². The van der Waals surface area contributed by atoms with Crippen molar-refractivity contribution in [2.75, 3.05) is 6.61 Å². The first-order valence-electron chi connectivity index (χ1n) is 8.73. The molecule has 2 aromatic heterocycles. The number of benzene rings is 1. The maximum absolute atomic E-state index is 11.9. The molecular formula is C20H20N2O4. The van der Waals surface area contributed by atoms with Crippen LogP contribution in [0.2, 0.25) is 0 Å². The molecule has 26 heavy (non-hydrogen) atoms. The van der Waals surface area contributed by atoms with Crippen molar-refractivity contribution >= 4 is 11.6 Å². The average Bonchev–Trinajstić information content (AvgIpc) is 3.13. The fourth-order valence-corrected chi connectivity index (χ4v) is 3.06. The SMILES string of the molecule is CCOC(=O)[C@H]1CCc2ccc(OCc3ccc4nccn4c3)cc2O1. The number of aromatic nitrogens is 2. The van der Waals surface area contributed by atoms with Crippen molar-refractivity contribution in [1.29, 1.82) is 0 Å². The Morgan fingerprint density at radius 3 is 3.15 bits per heavy atom. The predicted octanol–water partition coefficient (Wildman–Crippen LogP) is 3.17. The van der Waals surface area contributed by atoms with E-state index >= 15 is 0 Å². The smallest absolute Gasteiger partial charge is 0.347 e. The minimum Gasteiger partial charge on any atom is -0.489 e. The molecule has 0 saturated carbocycles. The number of carbonyl (C=O) groups excluding carboxylic acids is 1. The van der Waals surface area contributed by atoms with Crippen molar-refractivity contribution in [3.05, 3.63) is 60.0 Å². The van der Waals surface area contributed by atoms with Gasteiger partial charge in [-0.15, -0.1) is 0 Å². The highest BCUT2D eigenvalue weighted by molar-refractivity contribution is 5.75. The lowest BCUT2D eigenvalue weighted by Gasteiger charge is -2.25. The van der Waals surface area contributed by atoms with Crippen LogP contribution >= 0.6 is 0 Å².